The van der Waals surface area contributed by atoms with Gasteiger partial charge >= 0.3 is 0 Å². The zero-order valence-electron chi connectivity index (χ0n) is 14.0. The number of rotatable bonds is 4. The maximum atomic E-state index is 12.8. The second kappa shape index (κ2) is 6.25. The van der Waals surface area contributed by atoms with Crippen LogP contribution in [-0.4, -0.2) is 33.7 Å². The first kappa shape index (κ1) is 16.6. The normalized spacial score (nSPS) is 17.7. The first-order chi connectivity index (χ1) is 13.1. The van der Waals surface area contributed by atoms with E-state index in [1.165, 1.54) is 6.07 Å². The van der Waals surface area contributed by atoms with Gasteiger partial charge in [-0.1, -0.05) is 6.07 Å². The third-order valence-electron chi connectivity index (χ3n) is 4.53. The summed E-state index contributed by atoms with van der Waals surface area (Å²) >= 11 is 0.989. The first-order valence-corrected chi connectivity index (χ1v) is 10.7. The summed E-state index contributed by atoms with van der Waals surface area (Å²) in [6.45, 7) is 0.740. The van der Waals surface area contributed by atoms with Gasteiger partial charge in [0.15, 0.2) is 0 Å². The molecule has 1 aliphatic rings. The molecule has 1 unspecified atom stereocenters. The molecular weight excluding hydrogens is 386 g/mol. The Labute approximate surface area is 159 Å². The number of nitrogens with one attached hydrogen (secondary N) is 2. The molecule has 27 heavy (non-hydrogen) atoms. The van der Waals surface area contributed by atoms with Crippen LogP contribution in [0.4, 0.5) is 5.69 Å². The van der Waals surface area contributed by atoms with Crippen molar-refractivity contribution >= 4 is 49.5 Å². The van der Waals surface area contributed by atoms with Gasteiger partial charge in [0.25, 0.3) is 10.0 Å². The summed E-state index contributed by atoms with van der Waals surface area (Å²) < 4.78 is 42.2. The lowest BCUT2D eigenvalue weighted by molar-refractivity contribution is 0.106. The Balaban J connectivity index is 1.49. The van der Waals surface area contributed by atoms with Crippen molar-refractivity contribution in [2.24, 2.45) is 0 Å². The molecule has 0 amide bonds. The lowest BCUT2D eigenvalue weighted by atomic mass is 10.2. The van der Waals surface area contributed by atoms with E-state index in [4.69, 9.17) is 4.74 Å². The van der Waals surface area contributed by atoms with Crippen LogP contribution in [-0.2, 0) is 14.8 Å². The Morgan fingerprint density at radius 1 is 1.19 bits per heavy atom. The molecule has 5 rings (SSSR count). The minimum Gasteiger partial charge on any atom is -0.370 e. The van der Waals surface area contributed by atoms with Crippen molar-refractivity contribution < 1.29 is 13.2 Å². The molecule has 0 saturated carbocycles. The average molecular weight is 401 g/mol. The fourth-order valence-electron chi connectivity index (χ4n) is 3.25. The summed E-state index contributed by atoms with van der Waals surface area (Å²) in [5, 5.41) is 0. The van der Waals surface area contributed by atoms with Crippen LogP contribution in [0.1, 0.15) is 24.8 Å². The van der Waals surface area contributed by atoms with E-state index < -0.39 is 10.0 Å². The van der Waals surface area contributed by atoms with Crippen LogP contribution in [0.3, 0.4) is 0 Å². The van der Waals surface area contributed by atoms with Crippen molar-refractivity contribution in [1.29, 1.82) is 0 Å². The molecule has 3 heterocycles. The molecule has 2 N–H and O–H groups in total. The van der Waals surface area contributed by atoms with Crippen molar-refractivity contribution in [1.82, 2.24) is 18.7 Å². The van der Waals surface area contributed by atoms with Gasteiger partial charge in [0.2, 0.25) is 0 Å². The number of anilines is 1. The molecule has 0 spiro atoms. The van der Waals surface area contributed by atoms with Gasteiger partial charge in [-0.25, -0.2) is 13.4 Å². The Bertz CT molecular complexity index is 1240. The van der Waals surface area contributed by atoms with Crippen LogP contribution in [0.25, 0.3) is 22.1 Å². The predicted octanol–water partition coefficient (Wildman–Crippen LogP) is 3.22. The molecule has 138 valence electrons. The zero-order valence-corrected chi connectivity index (χ0v) is 15.7. The van der Waals surface area contributed by atoms with E-state index >= 15 is 0 Å². The minimum atomic E-state index is -3.79. The number of hydrogen-bond donors (Lipinski definition) is 2. The number of hydrogen-bond acceptors (Lipinski definition) is 7. The largest absolute Gasteiger partial charge is 0.370 e. The molecular formula is C17H15N5O3S2. The molecule has 1 aliphatic heterocycles. The Morgan fingerprint density at radius 3 is 2.96 bits per heavy atom. The number of H-pyrrole nitrogens is 1. The van der Waals surface area contributed by atoms with Crippen LogP contribution in [0.15, 0.2) is 41.3 Å². The summed E-state index contributed by atoms with van der Waals surface area (Å²) in [6.07, 6.45) is 1.93. The lowest BCUT2D eigenvalue weighted by Gasteiger charge is -2.08. The van der Waals surface area contributed by atoms with Crippen LogP contribution in [0, 0.1) is 0 Å². The zero-order chi connectivity index (χ0) is 18.4. The minimum absolute atomic E-state index is 0.0210. The first-order valence-electron chi connectivity index (χ1n) is 8.45. The number of aromatic amines is 1. The highest BCUT2D eigenvalue weighted by molar-refractivity contribution is 7.93. The molecule has 0 bridgehead atoms. The van der Waals surface area contributed by atoms with E-state index in [0.29, 0.717) is 16.7 Å². The summed E-state index contributed by atoms with van der Waals surface area (Å²) in [6, 6.07) is 10.1. The van der Waals surface area contributed by atoms with Crippen LogP contribution < -0.4 is 4.72 Å². The highest BCUT2D eigenvalue weighted by Crippen LogP contribution is 2.29. The molecule has 8 nitrogen and oxygen atoms in total. The topological polar surface area (TPSA) is 110 Å². The number of sulfonamides is 1. The monoisotopic (exact) mass is 401 g/mol. The summed E-state index contributed by atoms with van der Waals surface area (Å²) in [5.41, 5.74) is 2.92. The molecule has 10 heteroatoms. The van der Waals surface area contributed by atoms with E-state index in [-0.39, 0.29) is 11.0 Å². The van der Waals surface area contributed by atoms with Crippen molar-refractivity contribution in [2.45, 2.75) is 23.8 Å². The summed E-state index contributed by atoms with van der Waals surface area (Å²) in [4.78, 5) is 7.90. The fourth-order valence-corrected chi connectivity index (χ4v) is 5.06. The number of nitrogens with zero attached hydrogens (tertiary/aromatic N) is 3. The van der Waals surface area contributed by atoms with Gasteiger partial charge in [-0.2, -0.15) is 8.75 Å². The molecule has 0 radical (unpaired) electrons. The highest BCUT2D eigenvalue weighted by atomic mass is 32.2. The maximum absolute atomic E-state index is 12.8. The quantitative estimate of drug-likeness (QED) is 0.543. The molecule has 1 saturated heterocycles. The Morgan fingerprint density at radius 2 is 2.11 bits per heavy atom. The van der Waals surface area contributed by atoms with Crippen molar-refractivity contribution in [3.05, 3.63) is 42.2 Å². The van der Waals surface area contributed by atoms with E-state index in [1.54, 1.807) is 30.3 Å². The number of fused-ring (bicyclic) bond motifs is 2. The Kier molecular flexibility index (Phi) is 3.85. The van der Waals surface area contributed by atoms with Gasteiger partial charge in [0.1, 0.15) is 27.9 Å². The highest BCUT2D eigenvalue weighted by Gasteiger charge is 2.22. The van der Waals surface area contributed by atoms with Crippen LogP contribution >= 0.6 is 11.7 Å². The van der Waals surface area contributed by atoms with Crippen LogP contribution in [0.2, 0.25) is 0 Å². The molecule has 1 atom stereocenters. The second-order valence-electron chi connectivity index (χ2n) is 6.35. The Hall–Kier alpha value is -2.56. The lowest BCUT2D eigenvalue weighted by Crippen LogP contribution is -2.13. The molecule has 2 aromatic carbocycles. The van der Waals surface area contributed by atoms with Gasteiger partial charge < -0.3 is 9.72 Å². The number of aromatic nitrogens is 4. The van der Waals surface area contributed by atoms with Gasteiger partial charge in [0, 0.05) is 6.61 Å². The van der Waals surface area contributed by atoms with E-state index in [2.05, 4.69) is 23.4 Å². The summed E-state index contributed by atoms with van der Waals surface area (Å²) in [5.74, 6) is 0.779. The number of benzene rings is 2. The smallest absolute Gasteiger partial charge is 0.264 e. The van der Waals surface area contributed by atoms with Gasteiger partial charge in [-0.05, 0) is 43.2 Å². The van der Waals surface area contributed by atoms with Crippen LogP contribution in [0.5, 0.6) is 0 Å². The molecule has 2 aromatic heterocycles. The van der Waals surface area contributed by atoms with Gasteiger partial charge in [-0.15, -0.1) is 0 Å². The molecule has 4 aromatic rings. The number of imidazole rings is 1. The standard InChI is InChI=1S/C17H15N5O3S2/c23-27(24,15-5-1-3-12-16(15)21-26-20-12)22-10-6-7-11-13(9-10)19-17(18-11)14-4-2-8-25-14/h1,3,5-7,9,14,22H,2,4,8H2,(H,18,19). The third kappa shape index (κ3) is 2.95. The maximum Gasteiger partial charge on any atom is 0.264 e. The van der Waals surface area contributed by atoms with E-state index in [1.807, 2.05) is 0 Å². The van der Waals surface area contributed by atoms with Gasteiger partial charge in [-0.3, -0.25) is 4.72 Å². The second-order valence-corrected chi connectivity index (χ2v) is 8.53. The number of ether oxygens (including phenoxy) is 1. The molecule has 0 aliphatic carbocycles. The van der Waals surface area contributed by atoms with Crippen molar-refractivity contribution in [3.8, 4) is 0 Å². The predicted molar refractivity (Wildman–Crippen MR) is 102 cm³/mol. The average Bonchev–Trinajstić information content (AvgIpc) is 3.39. The van der Waals surface area contributed by atoms with E-state index in [9.17, 15) is 8.42 Å². The third-order valence-corrected chi connectivity index (χ3v) is 6.48. The summed E-state index contributed by atoms with van der Waals surface area (Å²) in [7, 11) is -3.79. The van der Waals surface area contributed by atoms with E-state index in [0.717, 1.165) is 48.0 Å². The fraction of sp³-hybridized carbons (Fsp3) is 0.235. The van der Waals surface area contributed by atoms with Crippen molar-refractivity contribution in [2.75, 3.05) is 11.3 Å². The van der Waals surface area contributed by atoms with Gasteiger partial charge in [0.05, 0.1) is 28.4 Å². The SMILES string of the molecule is O=S(=O)(Nc1ccc2nc(C3CCCO3)[nH]c2c1)c1cccc2nsnc12. The molecule has 1 fully saturated rings. The van der Waals surface area contributed by atoms with Crippen molar-refractivity contribution in [3.63, 3.8) is 0 Å².